The highest BCUT2D eigenvalue weighted by Gasteiger charge is 2.45. The average Bonchev–Trinajstić information content (AvgIpc) is 3.40. The minimum Gasteiger partial charge on any atom is -0.490 e. The van der Waals surface area contributed by atoms with Crippen molar-refractivity contribution >= 4 is 39.0 Å². The molecule has 3 N–H and O–H groups in total. The maximum absolute atomic E-state index is 14.5. The van der Waals surface area contributed by atoms with Gasteiger partial charge in [0.25, 0.3) is 11.8 Å². The number of benzene rings is 2. The number of anilines is 1. The Morgan fingerprint density at radius 3 is 2.76 bits per heavy atom. The van der Waals surface area contributed by atoms with E-state index < -0.39 is 39.9 Å². The molecule has 3 heterocycles. The van der Waals surface area contributed by atoms with Gasteiger partial charge in [0.05, 0.1) is 37.4 Å². The minimum absolute atomic E-state index is 0.0317. The maximum atomic E-state index is 14.5. The van der Waals surface area contributed by atoms with Crippen LogP contribution in [-0.2, 0) is 28.8 Å². The lowest BCUT2D eigenvalue weighted by Crippen LogP contribution is -2.50. The molecule has 2 bridgehead atoms. The molecule has 0 unspecified atom stereocenters. The lowest BCUT2D eigenvalue weighted by atomic mass is 9.68. The Morgan fingerprint density at radius 1 is 1.18 bits per heavy atom. The molecule has 12 nitrogen and oxygen atoms in total. The van der Waals surface area contributed by atoms with Crippen molar-refractivity contribution in [3.8, 4) is 11.6 Å². The molecular weight excluding hydrogens is 694 g/mol. The average molecular weight is 738 g/mol. The molecule has 1 aromatic heterocycles. The van der Waals surface area contributed by atoms with E-state index in [1.54, 1.807) is 38.2 Å². The number of carbonyl (C=O) groups is 2. The van der Waals surface area contributed by atoms with Crippen molar-refractivity contribution in [1.29, 1.82) is 0 Å². The summed E-state index contributed by atoms with van der Waals surface area (Å²) in [6, 6.07) is 11.2. The summed E-state index contributed by atoms with van der Waals surface area (Å²) in [5.41, 5.74) is 2.98. The molecule has 7 atom stereocenters. The van der Waals surface area contributed by atoms with Crippen LogP contribution < -0.4 is 19.1 Å². The molecule has 14 heteroatoms. The summed E-state index contributed by atoms with van der Waals surface area (Å²) in [6.07, 6.45) is 6.85. The number of aliphatic hydroxyl groups is 2. The molecule has 272 valence electrons. The number of allylic oxidation sites excluding steroid dienone is 1. The van der Waals surface area contributed by atoms with Crippen LogP contribution >= 0.6 is 11.6 Å². The van der Waals surface area contributed by atoms with Crippen LogP contribution in [0.5, 0.6) is 11.6 Å². The third kappa shape index (κ3) is 7.01. The third-order valence-corrected chi connectivity index (χ3v) is 13.0. The first kappa shape index (κ1) is 35.5. The van der Waals surface area contributed by atoms with Gasteiger partial charge < -0.3 is 24.6 Å². The van der Waals surface area contributed by atoms with Gasteiger partial charge in [-0.15, -0.1) is 9.46 Å². The number of hydrogen-bond donors (Lipinski definition) is 3. The number of aliphatic hydroxyl groups excluding tert-OH is 2. The molecule has 0 saturated heterocycles. The first-order valence-electron chi connectivity index (χ1n) is 17.4. The second-order valence-corrected chi connectivity index (χ2v) is 16.9. The van der Waals surface area contributed by atoms with Gasteiger partial charge in [-0.1, -0.05) is 36.7 Å². The van der Waals surface area contributed by atoms with Crippen molar-refractivity contribution in [2.75, 3.05) is 37.5 Å². The third-order valence-electron chi connectivity index (χ3n) is 10.8. The van der Waals surface area contributed by atoms with Crippen molar-refractivity contribution in [3.63, 3.8) is 0 Å². The summed E-state index contributed by atoms with van der Waals surface area (Å²) in [7, 11) is -0.749. The number of rotatable bonds is 3. The molecule has 2 aromatic carbocycles. The van der Waals surface area contributed by atoms with Gasteiger partial charge in [0.15, 0.2) is 0 Å². The normalized spacial score (nSPS) is 31.2. The molecule has 2 aliphatic carbocycles. The maximum Gasteiger partial charge on any atom is 0.286 e. The number of ether oxygens (including phenoxy) is 2. The second kappa shape index (κ2) is 13.9. The fourth-order valence-electron chi connectivity index (χ4n) is 8.15. The van der Waals surface area contributed by atoms with Crippen LogP contribution in [0.4, 0.5) is 5.69 Å². The molecule has 4 aliphatic rings. The number of nitrogens with zero attached hydrogens (tertiary/aromatic N) is 4. The molecule has 1 saturated carbocycles. The first-order chi connectivity index (χ1) is 24.4. The Labute approximate surface area is 303 Å². The van der Waals surface area contributed by atoms with Gasteiger partial charge in [-0.2, -0.15) is 0 Å². The smallest absolute Gasteiger partial charge is 0.286 e. The van der Waals surface area contributed by atoms with E-state index in [4.69, 9.17) is 21.1 Å². The summed E-state index contributed by atoms with van der Waals surface area (Å²) in [5, 5.41) is 27.3. The monoisotopic (exact) mass is 737 g/mol. The Balaban J connectivity index is 1.31. The largest absolute Gasteiger partial charge is 0.490 e. The summed E-state index contributed by atoms with van der Waals surface area (Å²) >= 11 is 6.42. The highest BCUT2D eigenvalue weighted by atomic mass is 35.5. The highest BCUT2D eigenvalue weighted by molar-refractivity contribution is 7.92. The Morgan fingerprint density at radius 2 is 2.00 bits per heavy atom. The first-order valence-corrected chi connectivity index (χ1v) is 19.5. The van der Waals surface area contributed by atoms with Gasteiger partial charge in [0, 0.05) is 42.3 Å². The molecule has 7 rings (SSSR count). The van der Waals surface area contributed by atoms with Gasteiger partial charge in [-0.05, 0) is 91.3 Å². The van der Waals surface area contributed by atoms with Crippen LogP contribution in [0.15, 0.2) is 59.1 Å². The van der Waals surface area contributed by atoms with Crippen LogP contribution in [0.1, 0.15) is 64.4 Å². The molecule has 2 aliphatic heterocycles. The fraction of sp³-hybridized carbons (Fsp3) is 0.486. The molecular formula is C37H44ClN5O7S. The molecule has 51 heavy (non-hydrogen) atoms. The zero-order valence-corrected chi connectivity index (χ0v) is 30.5. The standard InChI is InChI=1S/C37H44ClN5O7S/c1-22-6-12-31(44)33(45)27-10-7-25(27)17-43-20-37(14-4-5-23-15-26(38)9-11-29(23)37)21-50-32-13-8-24(16-30(32)43)34(46)40-51(48,19-22)41-35(47)28-18-42(2)39-36(28)49-3/h6,8-9,11-13,15-16,18,22,25,27,31,33,44-45H,4-5,7,10,14,17,19-21H2,1-3H3,(H,40,41,46,47,48)/b12-6-/t22-,25-,27+,31-,33-,37-,51-/m0/s1. The topological polar surface area (TPSA) is 156 Å². The predicted octanol–water partition coefficient (Wildman–Crippen LogP) is 4.46. The SMILES string of the molecule is COc1nn(C)cc1C(=O)N[S@@]1(=O)=NC(=O)c2ccc3c(c2)N(C[C@@H]2CC[C@H]2[C@H](O)[C@@H](O)/C=C\[C@H](C)C1)C[C@@]1(CCCc2cc(Cl)ccc21)CO3. The number of fused-ring (bicyclic) bond motifs is 4. The Kier molecular flexibility index (Phi) is 9.68. The van der Waals surface area contributed by atoms with Crippen LogP contribution in [0, 0.1) is 17.8 Å². The number of aryl methyl sites for hydroxylation is 2. The van der Waals surface area contributed by atoms with E-state index in [1.165, 1.54) is 35.2 Å². The van der Waals surface area contributed by atoms with E-state index in [9.17, 15) is 24.0 Å². The number of carbonyl (C=O) groups excluding carboxylic acids is 2. The summed E-state index contributed by atoms with van der Waals surface area (Å²) < 4.78 is 34.4. The lowest BCUT2D eigenvalue weighted by molar-refractivity contribution is -0.0459. The van der Waals surface area contributed by atoms with E-state index in [2.05, 4.69) is 25.1 Å². The van der Waals surface area contributed by atoms with E-state index in [0.29, 0.717) is 36.2 Å². The second-order valence-electron chi connectivity index (χ2n) is 14.5. The molecule has 3 aromatic rings. The van der Waals surface area contributed by atoms with E-state index in [0.717, 1.165) is 32.1 Å². The number of amides is 2. The van der Waals surface area contributed by atoms with Crippen LogP contribution in [-0.4, -0.2) is 80.8 Å². The highest BCUT2D eigenvalue weighted by Crippen LogP contribution is 2.47. The zero-order valence-electron chi connectivity index (χ0n) is 29.0. The Hall–Kier alpha value is -3.91. The van der Waals surface area contributed by atoms with Gasteiger partial charge in [0.1, 0.15) is 21.2 Å². The van der Waals surface area contributed by atoms with E-state index in [-0.39, 0.29) is 40.0 Å². The van der Waals surface area contributed by atoms with Crippen LogP contribution in [0.25, 0.3) is 0 Å². The van der Waals surface area contributed by atoms with Crippen molar-refractivity contribution < 1.29 is 33.5 Å². The number of hydrogen-bond acceptors (Lipinski definition) is 9. The lowest BCUT2D eigenvalue weighted by Gasteiger charge is -2.46. The summed E-state index contributed by atoms with van der Waals surface area (Å²) in [6.45, 7) is 3.34. The Bertz CT molecular complexity index is 2010. The minimum atomic E-state index is -3.74. The fourth-order valence-corrected chi connectivity index (χ4v) is 10.1. The molecule has 2 amide bonds. The van der Waals surface area contributed by atoms with Gasteiger partial charge in [-0.25, -0.2) is 4.21 Å². The van der Waals surface area contributed by atoms with Gasteiger partial charge in [0.2, 0.25) is 5.88 Å². The van der Waals surface area contributed by atoms with Crippen LogP contribution in [0.3, 0.4) is 0 Å². The summed E-state index contributed by atoms with van der Waals surface area (Å²) in [5.74, 6) is -1.67. The van der Waals surface area contributed by atoms with Crippen molar-refractivity contribution in [3.05, 3.63) is 82.0 Å². The number of nitrogens with one attached hydrogen (secondary N) is 1. The molecule has 1 fully saturated rings. The number of methoxy groups -OCH3 is 1. The van der Waals surface area contributed by atoms with E-state index >= 15 is 0 Å². The molecule has 0 radical (unpaired) electrons. The van der Waals surface area contributed by atoms with Crippen molar-refractivity contribution in [2.45, 2.75) is 56.7 Å². The molecule has 1 spiro atoms. The zero-order chi connectivity index (χ0) is 36.1. The predicted molar refractivity (Wildman–Crippen MR) is 194 cm³/mol. The van der Waals surface area contributed by atoms with E-state index in [1.807, 2.05) is 12.1 Å². The van der Waals surface area contributed by atoms with Crippen molar-refractivity contribution in [2.24, 2.45) is 29.2 Å². The van der Waals surface area contributed by atoms with Gasteiger partial charge >= 0.3 is 0 Å². The number of halogens is 1. The number of aromatic nitrogens is 2. The van der Waals surface area contributed by atoms with Crippen LogP contribution in [0.2, 0.25) is 5.02 Å². The van der Waals surface area contributed by atoms with Gasteiger partial charge in [-0.3, -0.25) is 19.0 Å². The van der Waals surface area contributed by atoms with Crippen molar-refractivity contribution in [1.82, 2.24) is 14.5 Å². The summed E-state index contributed by atoms with van der Waals surface area (Å²) in [4.78, 5) is 29.6. The quantitative estimate of drug-likeness (QED) is 0.331.